The van der Waals surface area contributed by atoms with Gasteiger partial charge in [0.1, 0.15) is 0 Å². The number of benzene rings is 1. The van der Waals surface area contributed by atoms with Crippen molar-refractivity contribution in [2.75, 3.05) is 45.9 Å². The lowest BCUT2D eigenvalue weighted by atomic mass is 9.97. The Labute approximate surface area is 160 Å². The molecule has 0 spiro atoms. The topological polar surface area (TPSA) is 62.9 Å². The van der Waals surface area contributed by atoms with Crippen molar-refractivity contribution in [2.45, 2.75) is 26.2 Å². The van der Waals surface area contributed by atoms with Gasteiger partial charge in [-0.3, -0.25) is 9.89 Å². The highest BCUT2D eigenvalue weighted by Crippen LogP contribution is 2.17. The Bertz CT molecular complexity index is 532. The number of guanidine groups is 1. The van der Waals surface area contributed by atoms with Gasteiger partial charge in [0, 0.05) is 30.7 Å². The molecule has 140 valence electrons. The van der Waals surface area contributed by atoms with Gasteiger partial charge in [-0.2, -0.15) is 0 Å². The number of ether oxygens (including phenoxy) is 1. The standard InChI is InChI=1S/C19H31BrN4O/c1-2-16(13-17-5-3-6-18(20)14-17)15-23-19(21)22-7-4-8-24-9-11-25-12-10-24/h3,5-6,14,16H,2,4,7-13,15H2,1H3,(H3,21,22,23). The predicted molar refractivity (Wildman–Crippen MR) is 108 cm³/mol. The lowest BCUT2D eigenvalue weighted by Gasteiger charge is -2.26. The van der Waals surface area contributed by atoms with Crippen LogP contribution in [0.25, 0.3) is 0 Å². The van der Waals surface area contributed by atoms with Gasteiger partial charge in [0.05, 0.1) is 13.2 Å². The summed E-state index contributed by atoms with van der Waals surface area (Å²) in [5.41, 5.74) is 7.35. The maximum absolute atomic E-state index is 6.01. The predicted octanol–water partition coefficient (Wildman–Crippen LogP) is 2.64. The van der Waals surface area contributed by atoms with Crippen molar-refractivity contribution in [3.8, 4) is 0 Å². The van der Waals surface area contributed by atoms with E-state index < -0.39 is 0 Å². The summed E-state index contributed by atoms with van der Waals surface area (Å²) in [6.45, 7) is 8.73. The van der Waals surface area contributed by atoms with Gasteiger partial charge < -0.3 is 15.8 Å². The molecule has 0 aliphatic carbocycles. The fourth-order valence-electron chi connectivity index (χ4n) is 2.96. The van der Waals surface area contributed by atoms with E-state index in [1.807, 2.05) is 0 Å². The average molecular weight is 411 g/mol. The van der Waals surface area contributed by atoms with Crippen molar-refractivity contribution in [1.82, 2.24) is 10.2 Å². The minimum atomic E-state index is 0.517. The van der Waals surface area contributed by atoms with Crippen LogP contribution in [0, 0.1) is 5.92 Å². The van der Waals surface area contributed by atoms with Crippen molar-refractivity contribution in [3.63, 3.8) is 0 Å². The Morgan fingerprint density at radius 3 is 2.92 bits per heavy atom. The highest BCUT2D eigenvalue weighted by Gasteiger charge is 2.10. The first-order chi connectivity index (χ1) is 12.2. The van der Waals surface area contributed by atoms with Gasteiger partial charge in [-0.1, -0.05) is 41.4 Å². The highest BCUT2D eigenvalue weighted by atomic mass is 79.9. The van der Waals surface area contributed by atoms with E-state index in [-0.39, 0.29) is 0 Å². The van der Waals surface area contributed by atoms with Crippen molar-refractivity contribution < 1.29 is 4.74 Å². The monoisotopic (exact) mass is 410 g/mol. The number of rotatable bonds is 9. The van der Waals surface area contributed by atoms with Crippen molar-refractivity contribution in [3.05, 3.63) is 34.3 Å². The highest BCUT2D eigenvalue weighted by molar-refractivity contribution is 9.10. The molecule has 1 aromatic rings. The Morgan fingerprint density at radius 1 is 1.40 bits per heavy atom. The third-order valence-electron chi connectivity index (χ3n) is 4.57. The number of morpholine rings is 1. The van der Waals surface area contributed by atoms with Crippen molar-refractivity contribution in [1.29, 1.82) is 0 Å². The summed E-state index contributed by atoms with van der Waals surface area (Å²) in [5, 5.41) is 3.24. The average Bonchev–Trinajstić information content (AvgIpc) is 2.63. The van der Waals surface area contributed by atoms with Gasteiger partial charge >= 0.3 is 0 Å². The van der Waals surface area contributed by atoms with Crippen LogP contribution in [-0.4, -0.2) is 56.8 Å². The van der Waals surface area contributed by atoms with Crippen LogP contribution >= 0.6 is 15.9 Å². The van der Waals surface area contributed by atoms with Crippen LogP contribution in [0.5, 0.6) is 0 Å². The van der Waals surface area contributed by atoms with Gasteiger partial charge in [-0.25, -0.2) is 0 Å². The normalized spacial score (nSPS) is 17.4. The van der Waals surface area contributed by atoms with E-state index in [1.165, 1.54) is 5.56 Å². The van der Waals surface area contributed by atoms with Crippen LogP contribution < -0.4 is 11.1 Å². The zero-order valence-electron chi connectivity index (χ0n) is 15.2. The van der Waals surface area contributed by atoms with Crippen molar-refractivity contribution >= 4 is 21.9 Å². The number of hydrogen-bond acceptors (Lipinski definition) is 3. The first kappa shape index (κ1) is 20.2. The Hall–Kier alpha value is -1.11. The SMILES string of the molecule is CCC(CN=C(N)NCCCN1CCOCC1)Cc1cccc(Br)c1. The lowest BCUT2D eigenvalue weighted by Crippen LogP contribution is -2.39. The fraction of sp³-hybridized carbons (Fsp3) is 0.632. The zero-order valence-corrected chi connectivity index (χ0v) is 16.8. The fourth-order valence-corrected chi connectivity index (χ4v) is 3.41. The van der Waals surface area contributed by atoms with Crippen LogP contribution in [0.1, 0.15) is 25.3 Å². The van der Waals surface area contributed by atoms with E-state index in [4.69, 9.17) is 10.5 Å². The molecule has 0 bridgehead atoms. The molecule has 1 fully saturated rings. The molecular formula is C19H31BrN4O. The summed E-state index contributed by atoms with van der Waals surface area (Å²) < 4.78 is 6.49. The van der Waals surface area contributed by atoms with Crippen LogP contribution in [0.3, 0.4) is 0 Å². The molecule has 0 saturated carbocycles. The number of halogens is 1. The molecule has 0 radical (unpaired) electrons. The molecular weight excluding hydrogens is 380 g/mol. The van der Waals surface area contributed by atoms with E-state index in [0.29, 0.717) is 11.9 Å². The quantitative estimate of drug-likeness (QED) is 0.373. The number of nitrogens with one attached hydrogen (secondary N) is 1. The second-order valence-corrected chi connectivity index (χ2v) is 7.48. The Kier molecular flexibility index (Phi) is 9.29. The Balaban J connectivity index is 1.65. The second kappa shape index (κ2) is 11.5. The van der Waals surface area contributed by atoms with Gasteiger partial charge in [-0.15, -0.1) is 0 Å². The number of hydrogen-bond donors (Lipinski definition) is 2. The van der Waals surface area contributed by atoms with E-state index in [0.717, 1.165) is 69.7 Å². The van der Waals surface area contributed by atoms with Crippen LogP contribution in [-0.2, 0) is 11.2 Å². The smallest absolute Gasteiger partial charge is 0.188 e. The molecule has 1 aliphatic rings. The van der Waals surface area contributed by atoms with Crippen molar-refractivity contribution in [2.24, 2.45) is 16.6 Å². The molecule has 2 rings (SSSR count). The maximum Gasteiger partial charge on any atom is 0.188 e. The van der Waals surface area contributed by atoms with E-state index in [1.54, 1.807) is 0 Å². The molecule has 1 heterocycles. The maximum atomic E-state index is 6.01. The first-order valence-corrected chi connectivity index (χ1v) is 10.0. The molecule has 25 heavy (non-hydrogen) atoms. The summed E-state index contributed by atoms with van der Waals surface area (Å²) in [4.78, 5) is 6.97. The second-order valence-electron chi connectivity index (χ2n) is 6.57. The Morgan fingerprint density at radius 2 is 2.20 bits per heavy atom. The third-order valence-corrected chi connectivity index (χ3v) is 5.06. The molecule has 1 aliphatic heterocycles. The van der Waals surface area contributed by atoms with E-state index >= 15 is 0 Å². The molecule has 0 amide bonds. The minimum absolute atomic E-state index is 0.517. The summed E-state index contributed by atoms with van der Waals surface area (Å²) in [6, 6.07) is 8.49. The number of nitrogens with zero attached hydrogens (tertiary/aromatic N) is 2. The summed E-state index contributed by atoms with van der Waals surface area (Å²) in [7, 11) is 0. The molecule has 1 unspecified atom stereocenters. The number of aliphatic imine (C=N–C) groups is 1. The van der Waals surface area contributed by atoms with Crippen LogP contribution in [0.4, 0.5) is 0 Å². The minimum Gasteiger partial charge on any atom is -0.379 e. The van der Waals surface area contributed by atoms with E-state index in [9.17, 15) is 0 Å². The van der Waals surface area contributed by atoms with Gasteiger partial charge in [0.25, 0.3) is 0 Å². The van der Waals surface area contributed by atoms with Gasteiger partial charge in [0.15, 0.2) is 5.96 Å². The summed E-state index contributed by atoms with van der Waals surface area (Å²) in [5.74, 6) is 1.08. The third kappa shape index (κ3) is 8.21. The van der Waals surface area contributed by atoms with Gasteiger partial charge in [-0.05, 0) is 43.0 Å². The van der Waals surface area contributed by atoms with E-state index in [2.05, 4.69) is 62.3 Å². The summed E-state index contributed by atoms with van der Waals surface area (Å²) >= 11 is 3.53. The first-order valence-electron chi connectivity index (χ1n) is 9.25. The lowest BCUT2D eigenvalue weighted by molar-refractivity contribution is 0.0376. The van der Waals surface area contributed by atoms with Crippen LogP contribution in [0.2, 0.25) is 0 Å². The number of nitrogens with two attached hydrogens (primary N) is 1. The molecule has 5 nitrogen and oxygen atoms in total. The molecule has 1 saturated heterocycles. The molecule has 3 N–H and O–H groups in total. The largest absolute Gasteiger partial charge is 0.379 e. The zero-order chi connectivity index (χ0) is 17.9. The molecule has 6 heteroatoms. The summed E-state index contributed by atoms with van der Waals surface area (Å²) in [6.07, 6.45) is 3.20. The van der Waals surface area contributed by atoms with Gasteiger partial charge in [0.2, 0.25) is 0 Å². The molecule has 1 atom stereocenters. The molecule has 1 aromatic carbocycles. The molecule has 0 aromatic heterocycles. The van der Waals surface area contributed by atoms with Crippen LogP contribution in [0.15, 0.2) is 33.7 Å².